The van der Waals surface area contributed by atoms with Crippen molar-refractivity contribution >= 4 is 32.7 Å². The molecule has 266 valence electrons. The molecule has 1 atom stereocenters. The number of likely N-dealkylation sites (tertiary alicyclic amines) is 1. The minimum atomic E-state index is -3.83. The smallest absolute Gasteiger partial charge is 0.410 e. The summed E-state index contributed by atoms with van der Waals surface area (Å²) in [4.78, 5) is 28.1. The van der Waals surface area contributed by atoms with Crippen molar-refractivity contribution in [1.82, 2.24) is 19.9 Å². The number of nitrogens with zero attached hydrogens (tertiary/aromatic N) is 4. The van der Waals surface area contributed by atoms with Gasteiger partial charge in [0.1, 0.15) is 23.0 Å². The quantitative estimate of drug-likeness (QED) is 0.162. The van der Waals surface area contributed by atoms with E-state index in [1.54, 1.807) is 41.6 Å². The molecular weight excluding hydrogens is 677 g/mol. The monoisotopic (exact) mass is 715 g/mol. The SMILES string of the molecule is Cc1ccc2c(CS(=O)(=O)Cc3ccc(F)cc3F)cccc2c1Oc1ncccc1-c1ccnc(N[C@H]2CCCN(C(=O)OC(C)(C)C)C2)n1. The molecule has 3 heterocycles. The predicted molar refractivity (Wildman–Crippen MR) is 191 cm³/mol. The maximum atomic E-state index is 14.3. The fraction of sp³-hybridized carbons (Fsp3) is 0.316. The molecule has 0 saturated carbocycles. The van der Waals surface area contributed by atoms with Crippen molar-refractivity contribution in [2.24, 2.45) is 0 Å². The number of benzene rings is 3. The van der Waals surface area contributed by atoms with Gasteiger partial charge < -0.3 is 19.7 Å². The number of ether oxygens (including phenoxy) is 2. The van der Waals surface area contributed by atoms with Crippen LogP contribution >= 0.6 is 0 Å². The second-order valence-electron chi connectivity index (χ2n) is 13.6. The van der Waals surface area contributed by atoms with Crippen LogP contribution < -0.4 is 10.1 Å². The second-order valence-corrected chi connectivity index (χ2v) is 15.7. The molecule has 1 amide bonds. The number of carbonyl (C=O) groups excluding carboxylic acids is 1. The predicted octanol–water partition coefficient (Wildman–Crippen LogP) is 8.00. The number of sulfone groups is 1. The van der Waals surface area contributed by atoms with E-state index in [9.17, 15) is 22.0 Å². The maximum absolute atomic E-state index is 14.3. The van der Waals surface area contributed by atoms with E-state index in [0.717, 1.165) is 30.5 Å². The number of nitrogens with one attached hydrogen (secondary N) is 1. The van der Waals surface area contributed by atoms with Crippen LogP contribution in [-0.4, -0.2) is 59.1 Å². The molecule has 1 N–H and O–H groups in total. The first-order valence-electron chi connectivity index (χ1n) is 16.6. The molecule has 0 bridgehead atoms. The number of aromatic nitrogens is 3. The third-order valence-corrected chi connectivity index (χ3v) is 9.87. The lowest BCUT2D eigenvalue weighted by molar-refractivity contribution is 0.0206. The van der Waals surface area contributed by atoms with Crippen LogP contribution in [-0.2, 0) is 26.1 Å². The van der Waals surface area contributed by atoms with Gasteiger partial charge in [0.05, 0.1) is 22.8 Å². The van der Waals surface area contributed by atoms with Gasteiger partial charge in [0, 0.05) is 48.5 Å². The van der Waals surface area contributed by atoms with Crippen molar-refractivity contribution in [1.29, 1.82) is 0 Å². The minimum Gasteiger partial charge on any atom is -0.444 e. The van der Waals surface area contributed by atoms with Crippen LogP contribution in [0.1, 0.15) is 50.3 Å². The first-order valence-corrected chi connectivity index (χ1v) is 18.4. The Bertz CT molecular complexity index is 2190. The number of halogens is 2. The molecule has 0 spiro atoms. The van der Waals surface area contributed by atoms with Crippen LogP contribution in [0.5, 0.6) is 11.6 Å². The van der Waals surface area contributed by atoms with Gasteiger partial charge in [-0.15, -0.1) is 0 Å². The molecule has 1 fully saturated rings. The van der Waals surface area contributed by atoms with Crippen molar-refractivity contribution in [3.05, 3.63) is 107 Å². The zero-order chi connectivity index (χ0) is 36.3. The molecule has 51 heavy (non-hydrogen) atoms. The van der Waals surface area contributed by atoms with Gasteiger partial charge in [0.15, 0.2) is 9.84 Å². The fourth-order valence-corrected chi connectivity index (χ4v) is 7.58. The summed E-state index contributed by atoms with van der Waals surface area (Å²) in [6.45, 7) is 8.48. The average molecular weight is 716 g/mol. The molecule has 5 aromatic rings. The molecule has 2 aromatic heterocycles. The molecular formula is C38H39F2N5O5S. The number of hydrogen-bond donors (Lipinski definition) is 1. The number of rotatable bonds is 9. The Morgan fingerprint density at radius 3 is 2.55 bits per heavy atom. The van der Waals surface area contributed by atoms with Gasteiger partial charge in [0.2, 0.25) is 11.8 Å². The Morgan fingerprint density at radius 2 is 1.76 bits per heavy atom. The number of pyridine rings is 1. The third kappa shape index (κ3) is 8.77. The van der Waals surface area contributed by atoms with Crippen LogP contribution in [0.15, 0.2) is 79.1 Å². The van der Waals surface area contributed by atoms with E-state index >= 15 is 0 Å². The lowest BCUT2D eigenvalue weighted by atomic mass is 10.0. The van der Waals surface area contributed by atoms with Crippen LogP contribution in [0.2, 0.25) is 0 Å². The van der Waals surface area contributed by atoms with Gasteiger partial charge in [-0.25, -0.2) is 36.9 Å². The topological polar surface area (TPSA) is 124 Å². The van der Waals surface area contributed by atoms with E-state index in [0.29, 0.717) is 58.4 Å². The number of fused-ring (bicyclic) bond motifs is 1. The van der Waals surface area contributed by atoms with E-state index in [1.807, 2.05) is 52.0 Å². The van der Waals surface area contributed by atoms with E-state index in [1.165, 1.54) is 0 Å². The molecule has 1 aliphatic rings. The standard InChI is InChI=1S/C38H39F2N5O5S/c1-24-12-15-29-25(22-51(47,48)23-26-13-14-27(39)20-32(26)40)8-5-10-30(29)34(24)49-35-31(11-6-17-41-35)33-16-18-42-36(44-33)43-28-9-7-19-45(21-28)37(46)50-38(2,3)4/h5-6,8,10-18,20,28H,7,9,19,21-23H2,1-4H3,(H,42,43,44)/t28-/m0/s1. The third-order valence-electron chi connectivity index (χ3n) is 8.37. The normalized spacial score (nSPS) is 15.1. The van der Waals surface area contributed by atoms with Crippen LogP contribution in [0.25, 0.3) is 22.0 Å². The zero-order valence-corrected chi connectivity index (χ0v) is 29.6. The molecule has 3 aromatic carbocycles. The molecule has 10 nitrogen and oxygen atoms in total. The number of hydrogen-bond acceptors (Lipinski definition) is 9. The van der Waals surface area contributed by atoms with Crippen LogP contribution in [0, 0.1) is 18.6 Å². The van der Waals surface area contributed by atoms with E-state index in [2.05, 4.69) is 15.3 Å². The summed E-state index contributed by atoms with van der Waals surface area (Å²) in [6, 6.07) is 17.1. The maximum Gasteiger partial charge on any atom is 0.410 e. The van der Waals surface area contributed by atoms with Gasteiger partial charge >= 0.3 is 6.09 Å². The first-order chi connectivity index (χ1) is 24.2. The number of anilines is 1. The summed E-state index contributed by atoms with van der Waals surface area (Å²) in [5, 5.41) is 4.69. The van der Waals surface area contributed by atoms with Crippen molar-refractivity contribution < 1.29 is 31.5 Å². The summed E-state index contributed by atoms with van der Waals surface area (Å²) < 4.78 is 66.2. The van der Waals surface area contributed by atoms with Crippen LogP contribution in [0.3, 0.4) is 0 Å². The number of amides is 1. The summed E-state index contributed by atoms with van der Waals surface area (Å²) in [7, 11) is -3.83. The van der Waals surface area contributed by atoms with Gasteiger partial charge in [-0.3, -0.25) is 0 Å². The zero-order valence-electron chi connectivity index (χ0n) is 28.8. The van der Waals surface area contributed by atoms with Crippen molar-refractivity contribution in [2.75, 3.05) is 18.4 Å². The van der Waals surface area contributed by atoms with Crippen LogP contribution in [0.4, 0.5) is 19.5 Å². The van der Waals surface area contributed by atoms with Gasteiger partial charge in [-0.2, -0.15) is 0 Å². The van der Waals surface area contributed by atoms with E-state index in [4.69, 9.17) is 14.5 Å². The lowest BCUT2D eigenvalue weighted by Crippen LogP contribution is -2.47. The summed E-state index contributed by atoms with van der Waals surface area (Å²) in [5.74, 6) is -1.42. The highest BCUT2D eigenvalue weighted by atomic mass is 32.2. The largest absolute Gasteiger partial charge is 0.444 e. The highest BCUT2D eigenvalue weighted by Gasteiger charge is 2.28. The Kier molecular flexibility index (Phi) is 10.2. The van der Waals surface area contributed by atoms with Gasteiger partial charge in [-0.1, -0.05) is 36.4 Å². The molecule has 6 rings (SSSR count). The molecule has 0 aliphatic carbocycles. The second kappa shape index (κ2) is 14.6. The lowest BCUT2D eigenvalue weighted by Gasteiger charge is -2.34. The summed E-state index contributed by atoms with van der Waals surface area (Å²) in [6.07, 6.45) is 4.55. The van der Waals surface area contributed by atoms with Crippen molar-refractivity contribution in [3.63, 3.8) is 0 Å². The van der Waals surface area contributed by atoms with E-state index in [-0.39, 0.29) is 29.3 Å². The Balaban J connectivity index is 1.24. The molecule has 13 heteroatoms. The van der Waals surface area contributed by atoms with E-state index < -0.39 is 32.8 Å². The molecule has 1 saturated heterocycles. The Labute approximate surface area is 295 Å². The Hall–Kier alpha value is -5.17. The molecule has 0 radical (unpaired) electrons. The highest BCUT2D eigenvalue weighted by Crippen LogP contribution is 2.38. The van der Waals surface area contributed by atoms with Crippen molar-refractivity contribution in [2.45, 2.75) is 63.7 Å². The average Bonchev–Trinajstić information content (AvgIpc) is 3.07. The van der Waals surface area contributed by atoms with Gasteiger partial charge in [-0.05, 0) is 81.3 Å². The number of piperidine rings is 1. The summed E-state index contributed by atoms with van der Waals surface area (Å²) in [5.41, 5.74) is 1.81. The summed E-state index contributed by atoms with van der Waals surface area (Å²) >= 11 is 0. The molecule has 0 unspecified atom stereocenters. The highest BCUT2D eigenvalue weighted by molar-refractivity contribution is 7.89. The number of aryl methyl sites for hydroxylation is 1. The number of carbonyl (C=O) groups is 1. The molecule has 1 aliphatic heterocycles. The Morgan fingerprint density at radius 1 is 0.961 bits per heavy atom. The fourth-order valence-electron chi connectivity index (χ4n) is 6.04. The van der Waals surface area contributed by atoms with Crippen molar-refractivity contribution in [3.8, 4) is 22.9 Å². The first kappa shape index (κ1) is 35.6. The van der Waals surface area contributed by atoms with Gasteiger partial charge in [0.25, 0.3) is 0 Å². The minimum absolute atomic E-state index is 0.0720.